The maximum absolute atomic E-state index is 12.0. The summed E-state index contributed by atoms with van der Waals surface area (Å²) in [4.78, 5) is 13.8. The van der Waals surface area contributed by atoms with Gasteiger partial charge < -0.3 is 24.5 Å². The molecule has 1 heterocycles. The summed E-state index contributed by atoms with van der Waals surface area (Å²) in [7, 11) is 3.70. The monoisotopic (exact) mass is 352 g/mol. The van der Waals surface area contributed by atoms with Crippen LogP contribution >= 0.6 is 11.6 Å². The van der Waals surface area contributed by atoms with Gasteiger partial charge in [-0.3, -0.25) is 4.79 Å². The van der Waals surface area contributed by atoms with Crippen molar-refractivity contribution in [2.75, 3.05) is 27.2 Å². The van der Waals surface area contributed by atoms with Gasteiger partial charge in [0.05, 0.1) is 11.1 Å². The molecule has 1 atom stereocenters. The van der Waals surface area contributed by atoms with Gasteiger partial charge in [-0.1, -0.05) is 23.7 Å². The first-order chi connectivity index (χ1) is 11.5. The van der Waals surface area contributed by atoms with Gasteiger partial charge in [-0.15, -0.1) is 0 Å². The van der Waals surface area contributed by atoms with E-state index >= 15 is 0 Å². The third-order valence-electron chi connectivity index (χ3n) is 3.17. The second kappa shape index (κ2) is 8.73. The van der Waals surface area contributed by atoms with E-state index in [1.807, 2.05) is 31.1 Å². The van der Waals surface area contributed by atoms with Gasteiger partial charge in [0.15, 0.2) is 5.76 Å². The predicted molar refractivity (Wildman–Crippen MR) is 91.4 cm³/mol. The number of benzene rings is 1. The van der Waals surface area contributed by atoms with Crippen LogP contribution in [0.2, 0.25) is 5.02 Å². The number of nitrogens with zero attached hydrogens (tertiary/aromatic N) is 1. The summed E-state index contributed by atoms with van der Waals surface area (Å²) < 4.78 is 11.0. The molecule has 6 nitrogen and oxygen atoms in total. The fourth-order valence-corrected chi connectivity index (χ4v) is 2.26. The van der Waals surface area contributed by atoms with Gasteiger partial charge in [-0.05, 0) is 38.4 Å². The summed E-state index contributed by atoms with van der Waals surface area (Å²) in [5.74, 6) is 0.851. The fourth-order valence-electron chi connectivity index (χ4n) is 2.07. The van der Waals surface area contributed by atoms with Crippen molar-refractivity contribution in [3.8, 4) is 5.75 Å². The first kappa shape index (κ1) is 18.3. The number of carbonyl (C=O) groups is 1. The van der Waals surface area contributed by atoms with E-state index in [9.17, 15) is 9.90 Å². The topological polar surface area (TPSA) is 74.9 Å². The van der Waals surface area contributed by atoms with Gasteiger partial charge in [-0.2, -0.15) is 0 Å². The van der Waals surface area contributed by atoms with E-state index in [1.54, 1.807) is 24.3 Å². The van der Waals surface area contributed by atoms with E-state index in [4.69, 9.17) is 20.8 Å². The molecule has 130 valence electrons. The molecule has 2 aromatic rings. The molecular formula is C17H21ClN2O4. The second-order valence-electron chi connectivity index (χ2n) is 5.61. The number of ether oxygens (including phenoxy) is 1. The van der Waals surface area contributed by atoms with Gasteiger partial charge in [0, 0.05) is 13.1 Å². The molecule has 0 bridgehead atoms. The number of hydrogen-bond donors (Lipinski definition) is 2. The quantitative estimate of drug-likeness (QED) is 0.761. The lowest BCUT2D eigenvalue weighted by Gasteiger charge is -2.15. The summed E-state index contributed by atoms with van der Waals surface area (Å²) >= 11 is 6.01. The van der Waals surface area contributed by atoms with Crippen LogP contribution < -0.4 is 10.1 Å². The number of aliphatic hydroxyl groups is 1. The Morgan fingerprint density at radius 1 is 1.33 bits per heavy atom. The lowest BCUT2D eigenvalue weighted by atomic mass is 10.3. The Hall–Kier alpha value is -2.02. The Morgan fingerprint density at radius 3 is 2.79 bits per heavy atom. The average Bonchev–Trinajstić information content (AvgIpc) is 3.00. The molecule has 0 fully saturated rings. The highest BCUT2D eigenvalue weighted by Gasteiger charge is 2.14. The number of aliphatic hydroxyl groups excluding tert-OH is 1. The van der Waals surface area contributed by atoms with Crippen LogP contribution in [0.25, 0.3) is 0 Å². The number of rotatable bonds is 8. The largest absolute Gasteiger partial charge is 0.484 e. The van der Waals surface area contributed by atoms with Crippen LogP contribution in [-0.2, 0) is 6.61 Å². The molecule has 0 saturated carbocycles. The molecule has 1 aromatic carbocycles. The molecule has 0 aliphatic carbocycles. The van der Waals surface area contributed by atoms with Crippen molar-refractivity contribution in [2.24, 2.45) is 0 Å². The lowest BCUT2D eigenvalue weighted by molar-refractivity contribution is 0.0863. The van der Waals surface area contributed by atoms with Gasteiger partial charge in [0.2, 0.25) is 0 Å². The first-order valence-corrected chi connectivity index (χ1v) is 7.90. The molecule has 24 heavy (non-hydrogen) atoms. The minimum atomic E-state index is -0.637. The van der Waals surface area contributed by atoms with E-state index in [1.165, 1.54) is 0 Å². The minimum Gasteiger partial charge on any atom is -0.484 e. The van der Waals surface area contributed by atoms with Crippen molar-refractivity contribution < 1.29 is 19.1 Å². The Labute approximate surface area is 146 Å². The highest BCUT2D eigenvalue weighted by Crippen LogP contribution is 2.24. The molecule has 0 aliphatic heterocycles. The molecule has 2 rings (SSSR count). The number of hydrogen-bond acceptors (Lipinski definition) is 5. The van der Waals surface area contributed by atoms with Crippen LogP contribution in [0.4, 0.5) is 0 Å². The molecule has 0 aliphatic rings. The van der Waals surface area contributed by atoms with Gasteiger partial charge in [-0.25, -0.2) is 0 Å². The molecular weight excluding hydrogens is 332 g/mol. The van der Waals surface area contributed by atoms with Gasteiger partial charge >= 0.3 is 0 Å². The van der Waals surface area contributed by atoms with Crippen LogP contribution in [-0.4, -0.2) is 49.2 Å². The van der Waals surface area contributed by atoms with E-state index in [2.05, 4.69) is 5.32 Å². The van der Waals surface area contributed by atoms with Crippen molar-refractivity contribution in [1.29, 1.82) is 0 Å². The van der Waals surface area contributed by atoms with Crippen molar-refractivity contribution in [1.82, 2.24) is 10.2 Å². The Bertz CT molecular complexity index is 672. The first-order valence-electron chi connectivity index (χ1n) is 7.52. The van der Waals surface area contributed by atoms with E-state index in [-0.39, 0.29) is 24.8 Å². The maximum atomic E-state index is 12.0. The molecule has 1 amide bonds. The van der Waals surface area contributed by atoms with E-state index in [0.717, 1.165) is 0 Å². The molecule has 2 N–H and O–H groups in total. The predicted octanol–water partition coefficient (Wildman–Crippen LogP) is 2.16. The lowest BCUT2D eigenvalue weighted by Crippen LogP contribution is -2.37. The molecule has 1 aromatic heterocycles. The number of furan rings is 1. The third-order valence-corrected chi connectivity index (χ3v) is 3.48. The molecule has 0 radical (unpaired) electrons. The van der Waals surface area contributed by atoms with E-state index < -0.39 is 6.10 Å². The standard InChI is InChI=1S/C17H21ClN2O4/c1-20(2)10-12(21)9-19-17(22)16-8-7-13(24-16)11-23-15-6-4-3-5-14(15)18/h3-8,12,21H,9-11H2,1-2H3,(H,19,22). The van der Waals surface area contributed by atoms with Crippen LogP contribution in [0, 0.1) is 0 Å². The third kappa shape index (κ3) is 5.56. The van der Waals surface area contributed by atoms with Gasteiger partial charge in [0.25, 0.3) is 5.91 Å². The van der Waals surface area contributed by atoms with Gasteiger partial charge in [0.1, 0.15) is 18.1 Å². The number of likely N-dealkylation sites (N-methyl/N-ethyl adjacent to an activating group) is 1. The van der Waals surface area contributed by atoms with E-state index in [0.29, 0.717) is 23.1 Å². The van der Waals surface area contributed by atoms with Crippen molar-refractivity contribution in [3.63, 3.8) is 0 Å². The zero-order valence-corrected chi connectivity index (χ0v) is 14.4. The molecule has 0 spiro atoms. The summed E-state index contributed by atoms with van der Waals surface area (Å²) in [6, 6.07) is 10.4. The number of halogens is 1. The Balaban J connectivity index is 1.84. The van der Waals surface area contributed by atoms with Crippen molar-refractivity contribution >= 4 is 17.5 Å². The zero-order valence-electron chi connectivity index (χ0n) is 13.7. The Morgan fingerprint density at radius 2 is 2.08 bits per heavy atom. The fraction of sp³-hybridized carbons (Fsp3) is 0.353. The smallest absolute Gasteiger partial charge is 0.287 e. The zero-order chi connectivity index (χ0) is 17.5. The molecule has 0 saturated heterocycles. The number of amides is 1. The van der Waals surface area contributed by atoms with Crippen LogP contribution in [0.3, 0.4) is 0 Å². The summed E-state index contributed by atoms with van der Waals surface area (Å²) in [5.41, 5.74) is 0. The normalized spacial score (nSPS) is 12.2. The Kier molecular flexibility index (Phi) is 6.66. The maximum Gasteiger partial charge on any atom is 0.287 e. The van der Waals surface area contributed by atoms with Crippen molar-refractivity contribution in [3.05, 3.63) is 52.9 Å². The van der Waals surface area contributed by atoms with Crippen LogP contribution in [0.1, 0.15) is 16.3 Å². The summed E-state index contributed by atoms with van der Waals surface area (Å²) in [6.45, 7) is 0.790. The SMILES string of the molecule is CN(C)CC(O)CNC(=O)c1ccc(COc2ccccc2Cl)o1. The number of para-hydroxylation sites is 1. The highest BCUT2D eigenvalue weighted by atomic mass is 35.5. The molecule has 7 heteroatoms. The van der Waals surface area contributed by atoms with Crippen LogP contribution in [0.5, 0.6) is 5.75 Å². The van der Waals surface area contributed by atoms with Crippen LogP contribution in [0.15, 0.2) is 40.8 Å². The number of carbonyl (C=O) groups excluding carboxylic acids is 1. The summed E-state index contributed by atoms with van der Waals surface area (Å²) in [6.07, 6.45) is -0.637. The average molecular weight is 353 g/mol. The second-order valence-corrected chi connectivity index (χ2v) is 6.02. The van der Waals surface area contributed by atoms with Crippen molar-refractivity contribution in [2.45, 2.75) is 12.7 Å². The summed E-state index contributed by atoms with van der Waals surface area (Å²) in [5, 5.41) is 12.9. The number of nitrogens with one attached hydrogen (secondary N) is 1. The molecule has 1 unspecified atom stereocenters. The highest BCUT2D eigenvalue weighted by molar-refractivity contribution is 6.32. The minimum absolute atomic E-state index is 0.156.